The van der Waals surface area contributed by atoms with Crippen molar-refractivity contribution in [2.24, 2.45) is 5.73 Å². The van der Waals surface area contributed by atoms with Crippen LogP contribution in [0.25, 0.3) is 0 Å². The third kappa shape index (κ3) is 1.99. The van der Waals surface area contributed by atoms with Gasteiger partial charge in [-0.1, -0.05) is 6.92 Å². The Bertz CT molecular complexity index is 435. The Hall–Kier alpha value is -1.62. The number of aromatic nitrogens is 3. The van der Waals surface area contributed by atoms with Gasteiger partial charge in [-0.25, -0.2) is 9.67 Å². The summed E-state index contributed by atoms with van der Waals surface area (Å²) in [5.41, 5.74) is 6.10. The second-order valence-corrected chi connectivity index (χ2v) is 3.84. The molecule has 2 aromatic rings. The summed E-state index contributed by atoms with van der Waals surface area (Å²) in [5, 5.41) is 4.14. The van der Waals surface area contributed by atoms with Gasteiger partial charge in [0, 0.05) is 6.04 Å². The zero-order chi connectivity index (χ0) is 11.5. The highest BCUT2D eigenvalue weighted by molar-refractivity contribution is 5.12. The van der Waals surface area contributed by atoms with Crippen molar-refractivity contribution in [3.63, 3.8) is 0 Å². The predicted octanol–water partition coefficient (Wildman–Crippen LogP) is 1.51. The van der Waals surface area contributed by atoms with Crippen molar-refractivity contribution in [1.29, 1.82) is 0 Å². The number of aryl methyl sites for hydroxylation is 1. The highest BCUT2D eigenvalue weighted by Gasteiger charge is 2.24. The van der Waals surface area contributed by atoms with Crippen LogP contribution in [0.15, 0.2) is 29.2 Å². The molecule has 0 aliphatic heterocycles. The van der Waals surface area contributed by atoms with Crippen LogP contribution in [0.4, 0.5) is 0 Å². The molecule has 86 valence electrons. The SMILES string of the molecule is CCC(N)C(c1ccc(C)o1)n1cncn1. The summed E-state index contributed by atoms with van der Waals surface area (Å²) in [4.78, 5) is 3.95. The number of rotatable bonds is 4. The van der Waals surface area contributed by atoms with Crippen molar-refractivity contribution < 1.29 is 4.42 Å². The van der Waals surface area contributed by atoms with E-state index in [4.69, 9.17) is 10.2 Å². The molecule has 0 amide bonds. The van der Waals surface area contributed by atoms with Crippen molar-refractivity contribution >= 4 is 0 Å². The van der Waals surface area contributed by atoms with E-state index in [0.29, 0.717) is 0 Å². The Morgan fingerprint density at radius 1 is 1.50 bits per heavy atom. The van der Waals surface area contributed by atoms with Crippen molar-refractivity contribution in [1.82, 2.24) is 14.8 Å². The van der Waals surface area contributed by atoms with Gasteiger partial charge in [0.2, 0.25) is 0 Å². The van der Waals surface area contributed by atoms with E-state index in [1.54, 1.807) is 11.0 Å². The van der Waals surface area contributed by atoms with Crippen molar-refractivity contribution in [3.8, 4) is 0 Å². The molecular weight excluding hydrogens is 204 g/mol. The maximum atomic E-state index is 6.10. The van der Waals surface area contributed by atoms with Crippen LogP contribution in [-0.4, -0.2) is 20.8 Å². The maximum absolute atomic E-state index is 6.10. The van der Waals surface area contributed by atoms with Gasteiger partial charge in [-0.15, -0.1) is 0 Å². The summed E-state index contributed by atoms with van der Waals surface area (Å²) >= 11 is 0. The van der Waals surface area contributed by atoms with Crippen molar-refractivity contribution in [3.05, 3.63) is 36.3 Å². The van der Waals surface area contributed by atoms with E-state index in [1.165, 1.54) is 6.33 Å². The third-order valence-corrected chi connectivity index (χ3v) is 2.65. The normalized spacial score (nSPS) is 14.9. The van der Waals surface area contributed by atoms with Gasteiger partial charge in [-0.05, 0) is 25.5 Å². The summed E-state index contributed by atoms with van der Waals surface area (Å²) in [7, 11) is 0. The first-order valence-electron chi connectivity index (χ1n) is 5.38. The minimum Gasteiger partial charge on any atom is -0.464 e. The van der Waals surface area contributed by atoms with Gasteiger partial charge >= 0.3 is 0 Å². The van der Waals surface area contributed by atoms with Crippen molar-refractivity contribution in [2.75, 3.05) is 0 Å². The zero-order valence-electron chi connectivity index (χ0n) is 9.50. The topological polar surface area (TPSA) is 69.9 Å². The monoisotopic (exact) mass is 220 g/mol. The summed E-state index contributed by atoms with van der Waals surface area (Å²) in [6.45, 7) is 3.96. The van der Waals surface area contributed by atoms with Gasteiger partial charge in [0.05, 0.1) is 0 Å². The van der Waals surface area contributed by atoms with E-state index in [1.807, 2.05) is 26.0 Å². The molecule has 2 aromatic heterocycles. The first-order valence-corrected chi connectivity index (χ1v) is 5.38. The van der Waals surface area contributed by atoms with Gasteiger partial charge < -0.3 is 10.2 Å². The summed E-state index contributed by atoms with van der Waals surface area (Å²) < 4.78 is 7.37. The van der Waals surface area contributed by atoms with E-state index in [0.717, 1.165) is 17.9 Å². The Morgan fingerprint density at radius 2 is 2.31 bits per heavy atom. The number of nitrogens with two attached hydrogens (primary N) is 1. The number of nitrogens with zero attached hydrogens (tertiary/aromatic N) is 3. The van der Waals surface area contributed by atoms with E-state index in [9.17, 15) is 0 Å². The average Bonchev–Trinajstić information content (AvgIpc) is 2.91. The maximum Gasteiger partial charge on any atom is 0.137 e. The fourth-order valence-corrected chi connectivity index (χ4v) is 1.73. The molecule has 0 saturated carbocycles. The van der Waals surface area contributed by atoms with E-state index in [-0.39, 0.29) is 12.1 Å². The molecule has 16 heavy (non-hydrogen) atoms. The fourth-order valence-electron chi connectivity index (χ4n) is 1.73. The second kappa shape index (κ2) is 4.49. The van der Waals surface area contributed by atoms with Crippen LogP contribution < -0.4 is 5.73 Å². The first kappa shape index (κ1) is 10.9. The molecule has 0 aromatic carbocycles. The van der Waals surface area contributed by atoms with Crippen LogP contribution >= 0.6 is 0 Å². The molecule has 0 radical (unpaired) electrons. The van der Waals surface area contributed by atoms with Gasteiger partial charge in [0.1, 0.15) is 30.2 Å². The molecule has 0 spiro atoms. The van der Waals surface area contributed by atoms with Crippen LogP contribution in [0, 0.1) is 6.92 Å². The number of hydrogen-bond acceptors (Lipinski definition) is 4. The molecular formula is C11H16N4O. The predicted molar refractivity (Wildman–Crippen MR) is 59.9 cm³/mol. The first-order chi connectivity index (χ1) is 7.72. The summed E-state index contributed by atoms with van der Waals surface area (Å²) in [5.74, 6) is 1.71. The zero-order valence-corrected chi connectivity index (χ0v) is 9.50. The number of furan rings is 1. The highest BCUT2D eigenvalue weighted by atomic mass is 16.3. The van der Waals surface area contributed by atoms with E-state index >= 15 is 0 Å². The summed E-state index contributed by atoms with van der Waals surface area (Å²) in [6.07, 6.45) is 4.02. The Balaban J connectivity index is 2.35. The molecule has 2 N–H and O–H groups in total. The van der Waals surface area contributed by atoms with E-state index < -0.39 is 0 Å². The van der Waals surface area contributed by atoms with Crippen molar-refractivity contribution in [2.45, 2.75) is 32.4 Å². The molecule has 0 saturated heterocycles. The van der Waals surface area contributed by atoms with Crippen LogP contribution in [0.5, 0.6) is 0 Å². The molecule has 2 atom stereocenters. The van der Waals surface area contributed by atoms with Crippen LogP contribution in [-0.2, 0) is 0 Å². The second-order valence-electron chi connectivity index (χ2n) is 3.84. The number of hydrogen-bond donors (Lipinski definition) is 1. The van der Waals surface area contributed by atoms with Gasteiger partial charge in [0.25, 0.3) is 0 Å². The molecule has 2 rings (SSSR count). The van der Waals surface area contributed by atoms with Gasteiger partial charge in [-0.3, -0.25) is 0 Å². The largest absolute Gasteiger partial charge is 0.464 e. The standard InChI is InChI=1S/C11H16N4O/c1-3-9(12)11(15-7-13-6-14-15)10-5-4-8(2)16-10/h4-7,9,11H,3,12H2,1-2H3. The lowest BCUT2D eigenvalue weighted by Crippen LogP contribution is -2.32. The molecule has 0 aliphatic carbocycles. The molecule has 2 unspecified atom stereocenters. The molecule has 2 heterocycles. The summed E-state index contributed by atoms with van der Waals surface area (Å²) in [6, 6.07) is 3.76. The Kier molecular flexibility index (Phi) is 3.05. The van der Waals surface area contributed by atoms with Crippen LogP contribution in [0.3, 0.4) is 0 Å². The van der Waals surface area contributed by atoms with E-state index in [2.05, 4.69) is 10.1 Å². The average molecular weight is 220 g/mol. The highest BCUT2D eigenvalue weighted by Crippen LogP contribution is 2.23. The Labute approximate surface area is 94.3 Å². The minimum atomic E-state index is -0.0822. The lowest BCUT2D eigenvalue weighted by Gasteiger charge is -2.20. The lowest BCUT2D eigenvalue weighted by atomic mass is 10.0. The quantitative estimate of drug-likeness (QED) is 0.847. The van der Waals surface area contributed by atoms with Gasteiger partial charge in [-0.2, -0.15) is 5.10 Å². The fraction of sp³-hybridized carbons (Fsp3) is 0.455. The lowest BCUT2D eigenvalue weighted by molar-refractivity contribution is 0.344. The molecule has 5 heteroatoms. The molecule has 0 fully saturated rings. The van der Waals surface area contributed by atoms with Gasteiger partial charge in [0.15, 0.2) is 0 Å². The van der Waals surface area contributed by atoms with Crippen LogP contribution in [0.1, 0.15) is 30.9 Å². The molecule has 0 aliphatic rings. The molecule has 0 bridgehead atoms. The smallest absolute Gasteiger partial charge is 0.137 e. The van der Waals surface area contributed by atoms with Crippen LogP contribution in [0.2, 0.25) is 0 Å². The Morgan fingerprint density at radius 3 is 2.81 bits per heavy atom. The minimum absolute atomic E-state index is 0.0350. The third-order valence-electron chi connectivity index (χ3n) is 2.65. The molecule has 5 nitrogen and oxygen atoms in total.